The van der Waals surface area contributed by atoms with Gasteiger partial charge in [0.1, 0.15) is 17.8 Å². The zero-order valence-electron chi connectivity index (χ0n) is 14.7. The molecule has 0 radical (unpaired) electrons. The molecule has 4 aromatic rings. The molecule has 2 heterocycles. The number of hydrogen-bond donors (Lipinski definition) is 1. The molecule has 0 spiro atoms. The van der Waals surface area contributed by atoms with E-state index in [0.29, 0.717) is 17.2 Å². The number of aromatic nitrogens is 4. The van der Waals surface area contributed by atoms with Gasteiger partial charge < -0.3 is 10.1 Å². The summed E-state index contributed by atoms with van der Waals surface area (Å²) in [5.74, 6) is 0.808. The fourth-order valence-electron chi connectivity index (χ4n) is 3.41. The van der Waals surface area contributed by atoms with E-state index in [2.05, 4.69) is 20.8 Å². The molecule has 0 fully saturated rings. The number of rotatable bonds is 3. The molecule has 1 amide bonds. The quantitative estimate of drug-likeness (QED) is 0.597. The van der Waals surface area contributed by atoms with Gasteiger partial charge in [0.2, 0.25) is 5.91 Å². The van der Waals surface area contributed by atoms with E-state index < -0.39 is 5.92 Å². The van der Waals surface area contributed by atoms with Crippen molar-refractivity contribution in [3.8, 4) is 17.2 Å². The minimum atomic E-state index is -0.460. The first-order chi connectivity index (χ1) is 13.8. The van der Waals surface area contributed by atoms with Crippen LogP contribution in [0.4, 0.5) is 5.69 Å². The van der Waals surface area contributed by atoms with Gasteiger partial charge in [0, 0.05) is 16.8 Å². The van der Waals surface area contributed by atoms with E-state index in [9.17, 15) is 4.79 Å². The molecular weight excluding hydrogens is 354 g/mol. The molecule has 1 aliphatic rings. The van der Waals surface area contributed by atoms with E-state index in [0.717, 1.165) is 16.8 Å². The highest BCUT2D eigenvalue weighted by molar-refractivity contribution is 5.99. The molecule has 28 heavy (non-hydrogen) atoms. The molecule has 136 valence electrons. The largest absolute Gasteiger partial charge is 0.457 e. The summed E-state index contributed by atoms with van der Waals surface area (Å²) < 4.78 is 7.51. The van der Waals surface area contributed by atoms with Crippen molar-refractivity contribution in [2.24, 2.45) is 0 Å². The summed E-state index contributed by atoms with van der Waals surface area (Å²) in [5.41, 5.74) is 3.11. The predicted molar refractivity (Wildman–Crippen MR) is 103 cm³/mol. The first-order valence-corrected chi connectivity index (χ1v) is 8.79. The SMILES string of the molecule is O=C(Nc1cccc(-n2cnnn2)c1)C1c2ccccc2Oc2ccccc21. The second-order valence-corrected chi connectivity index (χ2v) is 6.40. The van der Waals surface area contributed by atoms with Gasteiger partial charge in [-0.25, -0.2) is 4.68 Å². The third-order valence-corrected chi connectivity index (χ3v) is 4.67. The Morgan fingerprint density at radius 2 is 1.64 bits per heavy atom. The van der Waals surface area contributed by atoms with Crippen LogP contribution in [0.2, 0.25) is 0 Å². The monoisotopic (exact) mass is 369 g/mol. The Kier molecular flexibility index (Phi) is 3.83. The minimum Gasteiger partial charge on any atom is -0.457 e. The highest BCUT2D eigenvalue weighted by Gasteiger charge is 2.32. The molecule has 1 N–H and O–H groups in total. The first kappa shape index (κ1) is 16.2. The van der Waals surface area contributed by atoms with Crippen LogP contribution in [-0.4, -0.2) is 26.1 Å². The van der Waals surface area contributed by atoms with Crippen LogP contribution in [0, 0.1) is 0 Å². The second kappa shape index (κ2) is 6.62. The standard InChI is InChI=1S/C21H15N5O2/c27-21(23-14-6-5-7-15(12-14)26-13-22-24-25-26)20-16-8-1-3-10-18(16)28-19-11-4-2-9-17(19)20/h1-13,20H,(H,23,27). The van der Waals surface area contributed by atoms with Crippen LogP contribution in [0.5, 0.6) is 11.5 Å². The van der Waals surface area contributed by atoms with Gasteiger partial charge in [-0.15, -0.1) is 5.10 Å². The molecule has 0 bridgehead atoms. The van der Waals surface area contributed by atoms with Crippen molar-refractivity contribution in [1.82, 2.24) is 20.2 Å². The summed E-state index contributed by atoms with van der Waals surface area (Å²) in [6.07, 6.45) is 1.51. The number of benzene rings is 3. The van der Waals surface area contributed by atoms with Crippen molar-refractivity contribution in [3.05, 3.63) is 90.3 Å². The average Bonchev–Trinajstić information content (AvgIpc) is 3.27. The minimum absolute atomic E-state index is 0.128. The predicted octanol–water partition coefficient (Wildman–Crippen LogP) is 3.54. The summed E-state index contributed by atoms with van der Waals surface area (Å²) in [6.45, 7) is 0. The Balaban J connectivity index is 1.50. The lowest BCUT2D eigenvalue weighted by atomic mass is 9.87. The molecule has 1 aromatic heterocycles. The highest BCUT2D eigenvalue weighted by atomic mass is 16.5. The number of anilines is 1. The molecule has 0 aliphatic carbocycles. The summed E-state index contributed by atoms with van der Waals surface area (Å²) in [6, 6.07) is 22.6. The number of nitrogens with zero attached hydrogens (tertiary/aromatic N) is 4. The Morgan fingerprint density at radius 3 is 2.32 bits per heavy atom. The highest BCUT2D eigenvalue weighted by Crippen LogP contribution is 2.44. The number of para-hydroxylation sites is 2. The van der Waals surface area contributed by atoms with Crippen molar-refractivity contribution >= 4 is 11.6 Å². The molecule has 5 rings (SSSR count). The van der Waals surface area contributed by atoms with E-state index in [1.54, 1.807) is 0 Å². The maximum atomic E-state index is 13.3. The third kappa shape index (κ3) is 2.79. The fraction of sp³-hybridized carbons (Fsp3) is 0.0476. The van der Waals surface area contributed by atoms with Gasteiger partial charge in [0.25, 0.3) is 0 Å². The van der Waals surface area contributed by atoms with E-state index >= 15 is 0 Å². The van der Waals surface area contributed by atoms with Crippen LogP contribution in [-0.2, 0) is 4.79 Å². The first-order valence-electron chi connectivity index (χ1n) is 8.79. The molecular formula is C21H15N5O2. The van der Waals surface area contributed by atoms with Gasteiger partial charge in [-0.2, -0.15) is 0 Å². The number of amides is 1. The van der Waals surface area contributed by atoms with Crippen LogP contribution in [0.1, 0.15) is 17.0 Å². The van der Waals surface area contributed by atoms with Crippen LogP contribution in [0.15, 0.2) is 79.1 Å². The van der Waals surface area contributed by atoms with E-state index in [4.69, 9.17) is 4.74 Å². The van der Waals surface area contributed by atoms with Gasteiger partial charge in [-0.3, -0.25) is 4.79 Å². The normalized spacial score (nSPS) is 12.6. The summed E-state index contributed by atoms with van der Waals surface area (Å²) in [4.78, 5) is 13.3. The smallest absolute Gasteiger partial charge is 0.236 e. The zero-order valence-corrected chi connectivity index (χ0v) is 14.7. The Morgan fingerprint density at radius 1 is 0.929 bits per heavy atom. The number of ether oxygens (including phenoxy) is 1. The van der Waals surface area contributed by atoms with Crippen LogP contribution < -0.4 is 10.1 Å². The molecule has 0 saturated carbocycles. The van der Waals surface area contributed by atoms with Crippen LogP contribution in [0.25, 0.3) is 5.69 Å². The average molecular weight is 369 g/mol. The number of fused-ring (bicyclic) bond motifs is 2. The number of hydrogen-bond acceptors (Lipinski definition) is 5. The topological polar surface area (TPSA) is 81.9 Å². The van der Waals surface area contributed by atoms with Crippen molar-refractivity contribution < 1.29 is 9.53 Å². The summed E-state index contributed by atoms with van der Waals surface area (Å²) in [5, 5.41) is 14.2. The number of nitrogens with one attached hydrogen (secondary N) is 1. The van der Waals surface area contributed by atoms with Crippen molar-refractivity contribution in [1.29, 1.82) is 0 Å². The molecule has 3 aromatic carbocycles. The van der Waals surface area contributed by atoms with Crippen molar-refractivity contribution in [3.63, 3.8) is 0 Å². The van der Waals surface area contributed by atoms with E-state index in [-0.39, 0.29) is 5.91 Å². The van der Waals surface area contributed by atoms with Gasteiger partial charge >= 0.3 is 0 Å². The van der Waals surface area contributed by atoms with Gasteiger partial charge in [0.15, 0.2) is 0 Å². The molecule has 7 nitrogen and oxygen atoms in total. The Hall–Kier alpha value is -4.00. The summed E-state index contributed by atoms with van der Waals surface area (Å²) in [7, 11) is 0. The van der Waals surface area contributed by atoms with Crippen LogP contribution >= 0.6 is 0 Å². The van der Waals surface area contributed by atoms with Gasteiger partial charge in [0.05, 0.1) is 11.6 Å². The summed E-state index contributed by atoms with van der Waals surface area (Å²) >= 11 is 0. The Bertz CT molecular complexity index is 1110. The number of carbonyl (C=O) groups excluding carboxylic acids is 1. The fourth-order valence-corrected chi connectivity index (χ4v) is 3.41. The number of carbonyl (C=O) groups is 1. The maximum absolute atomic E-state index is 13.3. The lowest BCUT2D eigenvalue weighted by Gasteiger charge is -2.27. The molecule has 0 atom stereocenters. The van der Waals surface area contributed by atoms with Crippen molar-refractivity contribution in [2.45, 2.75) is 5.92 Å². The lowest BCUT2D eigenvalue weighted by Crippen LogP contribution is -2.25. The van der Waals surface area contributed by atoms with Crippen molar-refractivity contribution in [2.75, 3.05) is 5.32 Å². The molecule has 0 unspecified atom stereocenters. The lowest BCUT2D eigenvalue weighted by molar-refractivity contribution is -0.116. The zero-order chi connectivity index (χ0) is 18.9. The van der Waals surface area contributed by atoms with Gasteiger partial charge in [-0.05, 0) is 40.8 Å². The third-order valence-electron chi connectivity index (χ3n) is 4.67. The van der Waals surface area contributed by atoms with Gasteiger partial charge in [-0.1, -0.05) is 42.5 Å². The van der Waals surface area contributed by atoms with E-state index in [1.807, 2.05) is 72.8 Å². The molecule has 1 aliphatic heterocycles. The molecule has 0 saturated heterocycles. The van der Waals surface area contributed by atoms with E-state index in [1.165, 1.54) is 11.0 Å². The Labute approximate surface area is 160 Å². The molecule has 7 heteroatoms. The number of tetrazole rings is 1. The van der Waals surface area contributed by atoms with Crippen LogP contribution in [0.3, 0.4) is 0 Å². The maximum Gasteiger partial charge on any atom is 0.236 e. The second-order valence-electron chi connectivity index (χ2n) is 6.40.